The first-order valence-electron chi connectivity index (χ1n) is 7.39. The number of nitrogens with one attached hydrogen (secondary N) is 1. The van der Waals surface area contributed by atoms with E-state index in [4.69, 9.17) is 5.73 Å². The Kier molecular flexibility index (Phi) is 4.33. The minimum absolute atomic E-state index is 0. The Labute approximate surface area is 147 Å². The van der Waals surface area contributed by atoms with Crippen LogP contribution in [0.25, 0.3) is 0 Å². The van der Waals surface area contributed by atoms with Crippen LogP contribution in [0.4, 0.5) is 5.82 Å². The predicted octanol–water partition coefficient (Wildman–Crippen LogP) is 3.01. The summed E-state index contributed by atoms with van der Waals surface area (Å²) < 4.78 is 0. The molecule has 0 bridgehead atoms. The van der Waals surface area contributed by atoms with Crippen LogP contribution in [0.2, 0.25) is 0 Å². The molecule has 0 saturated heterocycles. The van der Waals surface area contributed by atoms with Crippen LogP contribution in [-0.2, 0) is 6.42 Å². The molecule has 0 amide bonds. The van der Waals surface area contributed by atoms with E-state index in [0.29, 0.717) is 17.8 Å². The van der Waals surface area contributed by atoms with Crippen molar-refractivity contribution in [2.45, 2.75) is 12.3 Å². The van der Waals surface area contributed by atoms with Gasteiger partial charge in [0.15, 0.2) is 5.96 Å². The minimum atomic E-state index is 0. The molecule has 3 unspecified atom stereocenters. The number of guanidine groups is 1. The number of fused-ring (bicyclic) bond motifs is 3. The molecule has 1 fully saturated rings. The summed E-state index contributed by atoms with van der Waals surface area (Å²) in [5, 5.41) is 3.03. The summed E-state index contributed by atoms with van der Waals surface area (Å²) in [5.74, 6) is 3.32. The largest absolute Gasteiger partial charge is 0.370 e. The predicted molar refractivity (Wildman–Crippen MR) is 99.6 cm³/mol. The summed E-state index contributed by atoms with van der Waals surface area (Å²) >= 11 is 0. The van der Waals surface area contributed by atoms with Gasteiger partial charge in [0.05, 0.1) is 0 Å². The third-order valence-electron chi connectivity index (χ3n) is 4.59. The van der Waals surface area contributed by atoms with E-state index in [-0.39, 0.29) is 24.0 Å². The Bertz CT molecular complexity index is 686. The minimum Gasteiger partial charge on any atom is -0.370 e. The number of hydrogen-bond acceptors (Lipinski definition) is 2. The van der Waals surface area contributed by atoms with Crippen LogP contribution < -0.4 is 11.1 Å². The van der Waals surface area contributed by atoms with E-state index in [9.17, 15) is 0 Å². The molecular weight excluding hydrogens is 387 g/mol. The third kappa shape index (κ3) is 2.82. The van der Waals surface area contributed by atoms with Gasteiger partial charge < -0.3 is 11.1 Å². The van der Waals surface area contributed by atoms with Gasteiger partial charge in [-0.2, -0.15) is 0 Å². The Morgan fingerprint density at radius 2 is 2.05 bits per heavy atom. The highest BCUT2D eigenvalue weighted by atomic mass is 127. The van der Waals surface area contributed by atoms with Crippen molar-refractivity contribution in [2.75, 3.05) is 11.9 Å². The molecule has 0 radical (unpaired) electrons. The Morgan fingerprint density at radius 1 is 1.23 bits per heavy atom. The van der Waals surface area contributed by atoms with Crippen molar-refractivity contribution in [3.05, 3.63) is 59.8 Å². The monoisotopic (exact) mass is 406 g/mol. The lowest BCUT2D eigenvalue weighted by Crippen LogP contribution is -2.23. The lowest BCUT2D eigenvalue weighted by molar-refractivity contribution is 0.701. The summed E-state index contributed by atoms with van der Waals surface area (Å²) in [6.45, 7) is 0.801. The van der Waals surface area contributed by atoms with Crippen molar-refractivity contribution in [3.63, 3.8) is 0 Å². The molecule has 3 atom stereocenters. The molecule has 1 heterocycles. The van der Waals surface area contributed by atoms with E-state index in [1.165, 1.54) is 17.5 Å². The standard InChI is InChI=1S/C17H18N4.HI/c18-17(21-15-7-3-4-8-19-15)20-10-14-13-9-11-5-1-2-6-12(11)16(13)14;/h1-8,13-14,16H,9-10H2,(H3,18,19,20,21);1H. The number of halogens is 1. The van der Waals surface area contributed by atoms with Crippen molar-refractivity contribution < 1.29 is 0 Å². The normalized spacial score (nSPS) is 24.9. The zero-order chi connectivity index (χ0) is 14.2. The quantitative estimate of drug-likeness (QED) is 0.468. The van der Waals surface area contributed by atoms with Gasteiger partial charge >= 0.3 is 0 Å². The molecule has 2 aromatic rings. The van der Waals surface area contributed by atoms with Crippen molar-refractivity contribution in [3.8, 4) is 0 Å². The lowest BCUT2D eigenvalue weighted by Gasteiger charge is -2.07. The number of aliphatic imine (C=N–C) groups is 1. The van der Waals surface area contributed by atoms with E-state index in [2.05, 4.69) is 39.6 Å². The van der Waals surface area contributed by atoms with Gasteiger partial charge in [0, 0.05) is 12.7 Å². The maximum absolute atomic E-state index is 5.93. The second-order valence-electron chi connectivity index (χ2n) is 5.82. The number of aromatic nitrogens is 1. The molecule has 1 saturated carbocycles. The van der Waals surface area contributed by atoms with E-state index in [0.717, 1.165) is 18.3 Å². The number of pyridine rings is 1. The molecule has 4 rings (SSSR count). The van der Waals surface area contributed by atoms with Gasteiger partial charge in [0.2, 0.25) is 0 Å². The summed E-state index contributed by atoms with van der Waals surface area (Å²) in [4.78, 5) is 8.66. The van der Waals surface area contributed by atoms with Crippen molar-refractivity contribution >= 4 is 35.8 Å². The number of nitrogens with zero attached hydrogens (tertiary/aromatic N) is 2. The van der Waals surface area contributed by atoms with Crippen LogP contribution in [-0.4, -0.2) is 17.5 Å². The van der Waals surface area contributed by atoms with E-state index in [1.54, 1.807) is 6.20 Å². The Morgan fingerprint density at radius 3 is 2.86 bits per heavy atom. The summed E-state index contributed by atoms with van der Waals surface area (Å²) in [5.41, 5.74) is 8.97. The zero-order valence-electron chi connectivity index (χ0n) is 12.1. The van der Waals surface area contributed by atoms with Crippen molar-refractivity contribution in [1.29, 1.82) is 0 Å². The first-order chi connectivity index (χ1) is 10.3. The van der Waals surface area contributed by atoms with Crippen LogP contribution in [0.3, 0.4) is 0 Å². The molecule has 5 heteroatoms. The third-order valence-corrected chi connectivity index (χ3v) is 4.59. The first-order valence-corrected chi connectivity index (χ1v) is 7.39. The fourth-order valence-corrected chi connectivity index (χ4v) is 3.54. The zero-order valence-corrected chi connectivity index (χ0v) is 14.5. The molecule has 0 spiro atoms. The van der Waals surface area contributed by atoms with Gasteiger partial charge in [-0.1, -0.05) is 30.3 Å². The Balaban J connectivity index is 0.00000144. The smallest absolute Gasteiger partial charge is 0.194 e. The average Bonchev–Trinajstić information content (AvgIpc) is 3.05. The molecular formula is C17H19IN4. The topological polar surface area (TPSA) is 63.3 Å². The van der Waals surface area contributed by atoms with Gasteiger partial charge in [-0.05, 0) is 47.4 Å². The summed E-state index contributed by atoms with van der Waals surface area (Å²) in [7, 11) is 0. The fraction of sp³-hybridized carbons (Fsp3) is 0.294. The second-order valence-corrected chi connectivity index (χ2v) is 5.82. The fourth-order valence-electron chi connectivity index (χ4n) is 3.54. The van der Waals surface area contributed by atoms with Crippen LogP contribution in [0.1, 0.15) is 17.0 Å². The first kappa shape index (κ1) is 15.3. The number of hydrogen-bond donors (Lipinski definition) is 2. The molecule has 22 heavy (non-hydrogen) atoms. The van der Waals surface area contributed by atoms with Gasteiger partial charge in [0.1, 0.15) is 5.82 Å². The summed E-state index contributed by atoms with van der Waals surface area (Å²) in [6.07, 6.45) is 2.94. The van der Waals surface area contributed by atoms with Gasteiger partial charge in [-0.25, -0.2) is 4.98 Å². The maximum Gasteiger partial charge on any atom is 0.194 e. The number of nitrogens with two attached hydrogens (primary N) is 1. The number of benzene rings is 1. The van der Waals surface area contributed by atoms with E-state index >= 15 is 0 Å². The second kappa shape index (κ2) is 6.24. The number of anilines is 1. The highest BCUT2D eigenvalue weighted by Crippen LogP contribution is 2.61. The average molecular weight is 406 g/mol. The van der Waals surface area contributed by atoms with Crippen LogP contribution in [0, 0.1) is 11.8 Å². The summed E-state index contributed by atoms with van der Waals surface area (Å²) in [6, 6.07) is 14.5. The molecule has 2 aliphatic rings. The maximum atomic E-state index is 5.93. The van der Waals surface area contributed by atoms with E-state index < -0.39 is 0 Å². The molecule has 0 aliphatic heterocycles. The number of rotatable bonds is 3. The molecule has 4 nitrogen and oxygen atoms in total. The van der Waals surface area contributed by atoms with Crippen molar-refractivity contribution in [2.24, 2.45) is 22.6 Å². The van der Waals surface area contributed by atoms with Gasteiger partial charge in [-0.15, -0.1) is 24.0 Å². The molecule has 1 aromatic heterocycles. The van der Waals surface area contributed by atoms with Crippen LogP contribution in [0.5, 0.6) is 0 Å². The highest BCUT2D eigenvalue weighted by molar-refractivity contribution is 14.0. The lowest BCUT2D eigenvalue weighted by atomic mass is 10.0. The van der Waals surface area contributed by atoms with Gasteiger partial charge in [0.25, 0.3) is 0 Å². The van der Waals surface area contributed by atoms with Crippen LogP contribution >= 0.6 is 24.0 Å². The van der Waals surface area contributed by atoms with Gasteiger partial charge in [-0.3, -0.25) is 4.99 Å². The molecule has 2 aliphatic carbocycles. The Hall–Kier alpha value is -1.63. The van der Waals surface area contributed by atoms with Crippen molar-refractivity contribution in [1.82, 2.24) is 4.98 Å². The molecule has 3 N–H and O–H groups in total. The molecule has 114 valence electrons. The SMILES string of the molecule is I.NC(=NCC1C2Cc3ccccc3C12)Nc1ccccn1. The highest BCUT2D eigenvalue weighted by Gasteiger charge is 2.54. The van der Waals surface area contributed by atoms with E-state index in [1.807, 2.05) is 18.2 Å². The molecule has 1 aromatic carbocycles. The van der Waals surface area contributed by atoms with Crippen LogP contribution in [0.15, 0.2) is 53.7 Å².